The van der Waals surface area contributed by atoms with Gasteiger partial charge in [0, 0.05) is 30.2 Å². The third kappa shape index (κ3) is 5.50. The van der Waals surface area contributed by atoms with Crippen LogP contribution in [0.15, 0.2) is 47.4 Å². The average Bonchev–Trinajstić information content (AvgIpc) is 2.74. The van der Waals surface area contributed by atoms with Crippen molar-refractivity contribution in [2.24, 2.45) is 0 Å². The molecule has 0 bridgehead atoms. The summed E-state index contributed by atoms with van der Waals surface area (Å²) in [4.78, 5) is 12.5. The molecule has 1 amide bonds. The summed E-state index contributed by atoms with van der Waals surface area (Å²) in [6.07, 6.45) is 3.39. The quantitative estimate of drug-likeness (QED) is 0.709. The van der Waals surface area contributed by atoms with Crippen molar-refractivity contribution in [1.29, 1.82) is 0 Å². The predicted octanol–water partition coefficient (Wildman–Crippen LogP) is 4.09. The van der Waals surface area contributed by atoms with E-state index in [1.807, 2.05) is 0 Å². The molecule has 1 aliphatic rings. The Morgan fingerprint density at radius 1 is 1.10 bits per heavy atom. The van der Waals surface area contributed by atoms with Gasteiger partial charge in [0.05, 0.1) is 12.0 Å². The van der Waals surface area contributed by atoms with Gasteiger partial charge < -0.3 is 10.1 Å². The van der Waals surface area contributed by atoms with E-state index in [-0.39, 0.29) is 17.2 Å². The maximum absolute atomic E-state index is 12.9. The van der Waals surface area contributed by atoms with Crippen molar-refractivity contribution in [2.75, 3.05) is 25.5 Å². The molecule has 3 rings (SSSR count). The SMILES string of the molecule is COc1ccc(S(=O)(=O)N2CCCCC2)cc1CCC(=O)Nc1ccc(Cl)cc1. The summed E-state index contributed by atoms with van der Waals surface area (Å²) in [7, 11) is -2.00. The molecule has 0 aromatic heterocycles. The highest BCUT2D eigenvalue weighted by atomic mass is 35.5. The number of piperidine rings is 1. The van der Waals surface area contributed by atoms with Crippen LogP contribution in [0.5, 0.6) is 5.75 Å². The maximum atomic E-state index is 12.9. The number of carbonyl (C=O) groups is 1. The van der Waals surface area contributed by atoms with Crippen molar-refractivity contribution in [1.82, 2.24) is 4.31 Å². The summed E-state index contributed by atoms with van der Waals surface area (Å²) in [5, 5.41) is 3.41. The molecule has 0 aliphatic carbocycles. The van der Waals surface area contributed by atoms with Crippen LogP contribution in [0, 0.1) is 0 Å². The third-order valence-corrected chi connectivity index (χ3v) is 7.10. The molecule has 6 nitrogen and oxygen atoms in total. The Bertz CT molecular complexity index is 955. The van der Waals surface area contributed by atoms with Crippen LogP contribution < -0.4 is 10.1 Å². The summed E-state index contributed by atoms with van der Waals surface area (Å²) >= 11 is 5.85. The Labute approximate surface area is 176 Å². The fourth-order valence-electron chi connectivity index (χ4n) is 3.37. The number of sulfonamides is 1. The molecule has 0 unspecified atom stereocenters. The van der Waals surface area contributed by atoms with E-state index in [9.17, 15) is 13.2 Å². The van der Waals surface area contributed by atoms with Crippen LogP contribution >= 0.6 is 11.6 Å². The molecule has 156 valence electrons. The molecule has 0 atom stereocenters. The molecule has 1 fully saturated rings. The van der Waals surface area contributed by atoms with E-state index in [2.05, 4.69) is 5.32 Å². The number of hydrogen-bond donors (Lipinski definition) is 1. The minimum absolute atomic E-state index is 0.168. The Hall–Kier alpha value is -2.09. The molecule has 2 aromatic rings. The topological polar surface area (TPSA) is 75.7 Å². The van der Waals surface area contributed by atoms with Crippen molar-refractivity contribution in [3.8, 4) is 5.75 Å². The number of rotatable bonds is 7. The van der Waals surface area contributed by atoms with Gasteiger partial charge in [0.2, 0.25) is 15.9 Å². The standard InChI is InChI=1S/C21H25ClN2O4S/c1-28-20-11-10-19(29(26,27)24-13-3-2-4-14-24)15-16(20)5-12-21(25)23-18-8-6-17(22)7-9-18/h6-11,15H,2-5,12-14H2,1H3,(H,23,25). The second-order valence-electron chi connectivity index (χ2n) is 6.99. The van der Waals surface area contributed by atoms with Gasteiger partial charge in [-0.2, -0.15) is 4.31 Å². The first-order chi connectivity index (χ1) is 13.9. The maximum Gasteiger partial charge on any atom is 0.243 e. The fraction of sp³-hybridized carbons (Fsp3) is 0.381. The van der Waals surface area contributed by atoms with E-state index in [1.54, 1.807) is 42.5 Å². The molecule has 1 N–H and O–H groups in total. The molecule has 1 aliphatic heterocycles. The van der Waals surface area contributed by atoms with E-state index in [4.69, 9.17) is 16.3 Å². The first-order valence-electron chi connectivity index (χ1n) is 9.62. The van der Waals surface area contributed by atoms with Crippen LogP contribution in [0.4, 0.5) is 5.69 Å². The first-order valence-corrected chi connectivity index (χ1v) is 11.4. The number of anilines is 1. The van der Waals surface area contributed by atoms with Gasteiger partial charge >= 0.3 is 0 Å². The van der Waals surface area contributed by atoms with Gasteiger partial charge in [-0.25, -0.2) is 8.42 Å². The number of ether oxygens (including phenoxy) is 1. The summed E-state index contributed by atoms with van der Waals surface area (Å²) < 4.78 is 32.8. The third-order valence-electron chi connectivity index (χ3n) is 4.95. The van der Waals surface area contributed by atoms with E-state index in [0.717, 1.165) is 19.3 Å². The van der Waals surface area contributed by atoms with Gasteiger partial charge in [-0.05, 0) is 67.3 Å². The highest BCUT2D eigenvalue weighted by Gasteiger charge is 2.26. The summed E-state index contributed by atoms with van der Waals surface area (Å²) in [5.74, 6) is 0.403. The van der Waals surface area contributed by atoms with Gasteiger partial charge in [-0.15, -0.1) is 0 Å². The number of amides is 1. The molecule has 0 radical (unpaired) electrons. The zero-order valence-electron chi connectivity index (χ0n) is 16.4. The lowest BCUT2D eigenvalue weighted by molar-refractivity contribution is -0.116. The fourth-order valence-corrected chi connectivity index (χ4v) is 5.06. The Morgan fingerprint density at radius 2 is 1.79 bits per heavy atom. The zero-order valence-corrected chi connectivity index (χ0v) is 17.9. The molecule has 29 heavy (non-hydrogen) atoms. The van der Waals surface area contributed by atoms with Crippen molar-refractivity contribution in [3.63, 3.8) is 0 Å². The largest absolute Gasteiger partial charge is 0.496 e. The van der Waals surface area contributed by atoms with Crippen LogP contribution in [0.3, 0.4) is 0 Å². The molecule has 2 aromatic carbocycles. The first kappa shape index (κ1) is 21.6. The van der Waals surface area contributed by atoms with Crippen LogP contribution in [0.25, 0.3) is 0 Å². The van der Waals surface area contributed by atoms with E-state index in [0.29, 0.717) is 41.5 Å². The number of aryl methyl sites for hydroxylation is 1. The van der Waals surface area contributed by atoms with Crippen LogP contribution in [-0.4, -0.2) is 38.8 Å². The smallest absolute Gasteiger partial charge is 0.243 e. The lowest BCUT2D eigenvalue weighted by Crippen LogP contribution is -2.35. The van der Waals surface area contributed by atoms with Gasteiger partial charge in [0.1, 0.15) is 5.75 Å². The van der Waals surface area contributed by atoms with Crippen molar-refractivity contribution in [2.45, 2.75) is 37.0 Å². The number of halogens is 1. The lowest BCUT2D eigenvalue weighted by Gasteiger charge is -2.26. The normalized spacial score (nSPS) is 15.1. The van der Waals surface area contributed by atoms with Gasteiger partial charge in [-0.1, -0.05) is 18.0 Å². The average molecular weight is 437 g/mol. The summed E-state index contributed by atoms with van der Waals surface area (Å²) in [6.45, 7) is 1.10. The highest BCUT2D eigenvalue weighted by Crippen LogP contribution is 2.27. The van der Waals surface area contributed by atoms with Crippen LogP contribution in [0.2, 0.25) is 5.02 Å². The molecule has 0 spiro atoms. The second-order valence-corrected chi connectivity index (χ2v) is 9.37. The number of methoxy groups -OCH3 is 1. The molecule has 1 heterocycles. The molecule has 0 saturated carbocycles. The van der Waals surface area contributed by atoms with Gasteiger partial charge in [0.15, 0.2) is 0 Å². The van der Waals surface area contributed by atoms with Crippen molar-refractivity contribution in [3.05, 3.63) is 53.1 Å². The number of nitrogens with zero attached hydrogens (tertiary/aromatic N) is 1. The molecule has 8 heteroatoms. The second kappa shape index (κ2) is 9.61. The zero-order chi connectivity index (χ0) is 20.9. The van der Waals surface area contributed by atoms with Crippen LogP contribution in [-0.2, 0) is 21.2 Å². The molecular weight excluding hydrogens is 412 g/mol. The minimum Gasteiger partial charge on any atom is -0.496 e. The number of nitrogens with one attached hydrogen (secondary N) is 1. The Morgan fingerprint density at radius 3 is 2.45 bits per heavy atom. The predicted molar refractivity (Wildman–Crippen MR) is 114 cm³/mol. The van der Waals surface area contributed by atoms with Crippen molar-refractivity contribution < 1.29 is 17.9 Å². The molecule has 1 saturated heterocycles. The number of carbonyl (C=O) groups excluding carboxylic acids is 1. The lowest BCUT2D eigenvalue weighted by atomic mass is 10.1. The van der Waals surface area contributed by atoms with Crippen LogP contribution in [0.1, 0.15) is 31.2 Å². The number of hydrogen-bond acceptors (Lipinski definition) is 4. The summed E-state index contributed by atoms with van der Waals surface area (Å²) in [6, 6.07) is 11.7. The van der Waals surface area contributed by atoms with Gasteiger partial charge in [0.25, 0.3) is 0 Å². The Kier molecular flexibility index (Phi) is 7.16. The highest BCUT2D eigenvalue weighted by molar-refractivity contribution is 7.89. The van der Waals surface area contributed by atoms with Crippen molar-refractivity contribution >= 4 is 33.2 Å². The van der Waals surface area contributed by atoms with Gasteiger partial charge in [-0.3, -0.25) is 4.79 Å². The molecular formula is C21H25ClN2O4S. The monoisotopic (exact) mass is 436 g/mol. The Balaban J connectivity index is 1.71. The summed E-state index contributed by atoms with van der Waals surface area (Å²) in [5.41, 5.74) is 1.35. The van der Waals surface area contributed by atoms with E-state index < -0.39 is 10.0 Å². The van der Waals surface area contributed by atoms with E-state index >= 15 is 0 Å². The van der Waals surface area contributed by atoms with E-state index in [1.165, 1.54) is 11.4 Å². The number of benzene rings is 2. The minimum atomic E-state index is -3.54.